The first kappa shape index (κ1) is 21.7. The van der Waals surface area contributed by atoms with Crippen LogP contribution in [0.25, 0.3) is 10.8 Å². The Kier molecular flexibility index (Phi) is 6.21. The Morgan fingerprint density at radius 3 is 2.58 bits per heavy atom. The fourth-order valence-corrected chi connectivity index (χ4v) is 6.29. The molecule has 162 valence electrons. The third kappa shape index (κ3) is 4.27. The van der Waals surface area contributed by atoms with Crippen molar-refractivity contribution >= 4 is 38.1 Å². The van der Waals surface area contributed by atoms with Gasteiger partial charge in [0, 0.05) is 18.1 Å². The first-order valence-electron chi connectivity index (χ1n) is 10.3. The molecule has 4 rings (SSSR count). The lowest BCUT2D eigenvalue weighted by Crippen LogP contribution is -2.34. The molecule has 0 radical (unpaired) electrons. The van der Waals surface area contributed by atoms with Crippen LogP contribution in [-0.4, -0.2) is 44.7 Å². The molecule has 1 heterocycles. The molecule has 0 aliphatic carbocycles. The van der Waals surface area contributed by atoms with E-state index in [0.717, 1.165) is 10.8 Å². The van der Waals surface area contributed by atoms with Crippen LogP contribution in [0.5, 0.6) is 5.75 Å². The standard InChI is InChI=1S/C24H24ClNO4S/c1-2-30-21-12-11-17-7-3-4-8-18(17)23(21)24(27)26-14-13-22(31(28,29)16-15-26)19-9-5-6-10-20(19)25/h3-12,22H,2,13-16H2,1H3. The highest BCUT2D eigenvalue weighted by molar-refractivity contribution is 7.91. The highest BCUT2D eigenvalue weighted by Gasteiger charge is 2.34. The van der Waals surface area contributed by atoms with Gasteiger partial charge < -0.3 is 9.64 Å². The van der Waals surface area contributed by atoms with Crippen molar-refractivity contribution in [2.24, 2.45) is 0 Å². The molecule has 1 amide bonds. The second kappa shape index (κ2) is 8.89. The van der Waals surface area contributed by atoms with Gasteiger partial charge >= 0.3 is 0 Å². The lowest BCUT2D eigenvalue weighted by atomic mass is 10.0. The van der Waals surface area contributed by atoms with Crippen molar-refractivity contribution in [3.05, 3.63) is 76.8 Å². The van der Waals surface area contributed by atoms with Gasteiger partial charge in [-0.3, -0.25) is 4.79 Å². The zero-order valence-electron chi connectivity index (χ0n) is 17.3. The molecule has 0 spiro atoms. The molecule has 0 N–H and O–H groups in total. The van der Waals surface area contributed by atoms with Crippen molar-refractivity contribution < 1.29 is 17.9 Å². The number of benzene rings is 3. The van der Waals surface area contributed by atoms with Gasteiger partial charge in [0.15, 0.2) is 9.84 Å². The fourth-order valence-electron chi connectivity index (χ4n) is 4.14. The van der Waals surface area contributed by atoms with Crippen molar-refractivity contribution in [1.82, 2.24) is 4.90 Å². The van der Waals surface area contributed by atoms with Gasteiger partial charge in [0.1, 0.15) is 5.75 Å². The number of fused-ring (bicyclic) bond motifs is 1. The van der Waals surface area contributed by atoms with Crippen LogP contribution in [0.4, 0.5) is 0 Å². The highest BCUT2D eigenvalue weighted by atomic mass is 35.5. The predicted molar refractivity (Wildman–Crippen MR) is 124 cm³/mol. The van der Waals surface area contributed by atoms with Gasteiger partial charge in [-0.1, -0.05) is 60.1 Å². The van der Waals surface area contributed by atoms with Crippen LogP contribution < -0.4 is 4.74 Å². The van der Waals surface area contributed by atoms with Gasteiger partial charge in [-0.15, -0.1) is 0 Å². The summed E-state index contributed by atoms with van der Waals surface area (Å²) in [7, 11) is -3.46. The lowest BCUT2D eigenvalue weighted by molar-refractivity contribution is 0.0764. The number of hydrogen-bond donors (Lipinski definition) is 0. The smallest absolute Gasteiger partial charge is 0.258 e. The molecule has 31 heavy (non-hydrogen) atoms. The van der Waals surface area contributed by atoms with E-state index in [1.165, 1.54) is 0 Å². The number of amides is 1. The summed E-state index contributed by atoms with van der Waals surface area (Å²) in [4.78, 5) is 15.2. The Hall–Kier alpha value is -2.57. The topological polar surface area (TPSA) is 63.7 Å². The summed E-state index contributed by atoms with van der Waals surface area (Å²) < 4.78 is 31.8. The maximum atomic E-state index is 13.6. The molecule has 1 aliphatic heterocycles. The summed E-state index contributed by atoms with van der Waals surface area (Å²) in [5, 5.41) is 1.44. The number of nitrogens with zero attached hydrogens (tertiary/aromatic N) is 1. The number of carbonyl (C=O) groups is 1. The van der Waals surface area contributed by atoms with Crippen LogP contribution >= 0.6 is 11.6 Å². The molecule has 0 saturated carbocycles. The van der Waals surface area contributed by atoms with Crippen LogP contribution in [0.1, 0.15) is 34.5 Å². The van der Waals surface area contributed by atoms with Crippen LogP contribution in [0, 0.1) is 0 Å². The normalized spacial score (nSPS) is 18.5. The number of hydrogen-bond acceptors (Lipinski definition) is 4. The quantitative estimate of drug-likeness (QED) is 0.559. The van der Waals surface area contributed by atoms with E-state index in [2.05, 4.69) is 0 Å². The zero-order chi connectivity index (χ0) is 22.0. The second-order valence-electron chi connectivity index (χ2n) is 7.55. The molecule has 1 atom stereocenters. The summed E-state index contributed by atoms with van der Waals surface area (Å²) in [6.45, 7) is 2.76. The van der Waals surface area contributed by atoms with E-state index in [4.69, 9.17) is 16.3 Å². The van der Waals surface area contributed by atoms with Gasteiger partial charge in [0.05, 0.1) is 23.2 Å². The molecule has 1 unspecified atom stereocenters. The third-order valence-corrected chi connectivity index (χ3v) is 8.14. The Morgan fingerprint density at radius 1 is 1.06 bits per heavy atom. The van der Waals surface area contributed by atoms with Gasteiger partial charge in [0.25, 0.3) is 5.91 Å². The van der Waals surface area contributed by atoms with Crippen LogP contribution in [0.15, 0.2) is 60.7 Å². The van der Waals surface area contributed by atoms with E-state index >= 15 is 0 Å². The zero-order valence-corrected chi connectivity index (χ0v) is 18.8. The Morgan fingerprint density at radius 2 is 1.81 bits per heavy atom. The van der Waals surface area contributed by atoms with Crippen LogP contribution in [-0.2, 0) is 9.84 Å². The third-order valence-electron chi connectivity index (χ3n) is 5.68. The van der Waals surface area contributed by atoms with Crippen molar-refractivity contribution in [2.45, 2.75) is 18.6 Å². The number of carbonyl (C=O) groups excluding carboxylic acids is 1. The monoisotopic (exact) mass is 457 g/mol. The summed E-state index contributed by atoms with van der Waals surface area (Å²) in [6, 6.07) is 18.4. The maximum absolute atomic E-state index is 13.6. The predicted octanol–water partition coefficient (Wildman–Crippen LogP) is 4.89. The fraction of sp³-hybridized carbons (Fsp3) is 0.292. The molecule has 5 nitrogen and oxygen atoms in total. The van der Waals surface area contributed by atoms with Gasteiger partial charge in [-0.05, 0) is 41.8 Å². The largest absolute Gasteiger partial charge is 0.493 e. The van der Waals surface area contributed by atoms with Crippen molar-refractivity contribution in [2.75, 3.05) is 25.4 Å². The maximum Gasteiger partial charge on any atom is 0.258 e. The number of ether oxygens (including phenoxy) is 1. The minimum Gasteiger partial charge on any atom is -0.493 e. The van der Waals surface area contributed by atoms with E-state index in [0.29, 0.717) is 41.5 Å². The lowest BCUT2D eigenvalue weighted by Gasteiger charge is -2.22. The molecule has 1 saturated heterocycles. The SMILES string of the molecule is CCOc1ccc2ccccc2c1C(=O)N1CCC(c2ccccc2Cl)S(=O)(=O)CC1. The Labute approximate surface area is 187 Å². The first-order valence-corrected chi connectivity index (χ1v) is 12.4. The molecular formula is C24H24ClNO4S. The van der Waals surface area contributed by atoms with E-state index in [1.54, 1.807) is 35.2 Å². The molecule has 1 fully saturated rings. The van der Waals surface area contributed by atoms with E-state index in [-0.39, 0.29) is 18.2 Å². The molecule has 7 heteroatoms. The summed E-state index contributed by atoms with van der Waals surface area (Å²) in [6.07, 6.45) is 0.298. The molecular weight excluding hydrogens is 434 g/mol. The van der Waals surface area contributed by atoms with Crippen molar-refractivity contribution in [3.8, 4) is 5.75 Å². The first-order chi connectivity index (χ1) is 14.9. The number of halogens is 1. The second-order valence-corrected chi connectivity index (χ2v) is 10.3. The summed E-state index contributed by atoms with van der Waals surface area (Å²) in [5.74, 6) is 0.194. The highest BCUT2D eigenvalue weighted by Crippen LogP contribution is 2.35. The molecule has 0 bridgehead atoms. The van der Waals surface area contributed by atoms with E-state index < -0.39 is 15.1 Å². The Bertz CT molecular complexity index is 1230. The van der Waals surface area contributed by atoms with Crippen LogP contribution in [0.2, 0.25) is 5.02 Å². The molecule has 1 aliphatic rings. The molecule has 0 aromatic heterocycles. The van der Waals surface area contributed by atoms with Crippen molar-refractivity contribution in [3.63, 3.8) is 0 Å². The number of sulfone groups is 1. The van der Waals surface area contributed by atoms with Crippen LogP contribution in [0.3, 0.4) is 0 Å². The average molecular weight is 458 g/mol. The van der Waals surface area contributed by atoms with Gasteiger partial charge in [0.2, 0.25) is 0 Å². The Balaban J connectivity index is 1.70. The molecule has 3 aromatic carbocycles. The van der Waals surface area contributed by atoms with Crippen molar-refractivity contribution in [1.29, 1.82) is 0 Å². The van der Waals surface area contributed by atoms with E-state index in [9.17, 15) is 13.2 Å². The number of rotatable bonds is 4. The minimum absolute atomic E-state index is 0.108. The summed E-state index contributed by atoms with van der Waals surface area (Å²) >= 11 is 6.29. The summed E-state index contributed by atoms with van der Waals surface area (Å²) in [5.41, 5.74) is 1.08. The minimum atomic E-state index is -3.46. The molecule has 3 aromatic rings. The van der Waals surface area contributed by atoms with Gasteiger partial charge in [-0.2, -0.15) is 0 Å². The van der Waals surface area contributed by atoms with E-state index in [1.807, 2.05) is 37.3 Å². The average Bonchev–Trinajstić information content (AvgIpc) is 2.92. The van der Waals surface area contributed by atoms with Gasteiger partial charge in [-0.25, -0.2) is 8.42 Å².